The van der Waals surface area contributed by atoms with E-state index >= 15 is 0 Å². The van der Waals surface area contributed by atoms with E-state index in [-0.39, 0.29) is 30.9 Å². The quantitative estimate of drug-likeness (QED) is 0.384. The molecule has 0 spiro atoms. The summed E-state index contributed by atoms with van der Waals surface area (Å²) >= 11 is 0. The monoisotopic (exact) mass is 489 g/mol. The van der Waals surface area contributed by atoms with E-state index in [1.54, 1.807) is 6.92 Å². The number of hydrogen-bond acceptors (Lipinski definition) is 3. The average Bonchev–Trinajstić information content (AvgIpc) is 3.00. The van der Waals surface area contributed by atoms with Gasteiger partial charge in [0, 0.05) is 24.7 Å². The number of nitrogens with one attached hydrogen (secondary N) is 4. The van der Waals surface area contributed by atoms with Gasteiger partial charge in [0.15, 0.2) is 5.96 Å². The Bertz CT molecular complexity index is 1300. The van der Waals surface area contributed by atoms with Crippen LogP contribution in [-0.2, 0) is 24.3 Å². The molecule has 3 aromatic rings. The maximum Gasteiger partial charge on any atom is 0.319 e. The zero-order valence-corrected chi connectivity index (χ0v) is 20.0. The Hall–Kier alpha value is -4.21. The number of carbonyl (C=O) groups is 2. The lowest BCUT2D eigenvalue weighted by atomic mass is 9.92. The van der Waals surface area contributed by atoms with Crippen molar-refractivity contribution in [3.63, 3.8) is 0 Å². The summed E-state index contributed by atoms with van der Waals surface area (Å²) in [4.78, 5) is 26.6. The fourth-order valence-electron chi connectivity index (χ4n) is 4.20. The van der Waals surface area contributed by atoms with E-state index in [0.29, 0.717) is 17.8 Å². The van der Waals surface area contributed by atoms with Crippen molar-refractivity contribution in [3.8, 4) is 0 Å². The molecule has 0 radical (unpaired) electrons. The van der Waals surface area contributed by atoms with Crippen LogP contribution in [-0.4, -0.2) is 36.2 Å². The van der Waals surface area contributed by atoms with Gasteiger partial charge in [0.25, 0.3) is 5.91 Å². The van der Waals surface area contributed by atoms with Gasteiger partial charge in [-0.25, -0.2) is 13.6 Å². The number of hydrogen-bond donors (Lipinski definition) is 4. The maximum atomic E-state index is 13.6. The molecule has 0 bridgehead atoms. The van der Waals surface area contributed by atoms with Gasteiger partial charge in [-0.15, -0.1) is 0 Å². The third-order valence-electron chi connectivity index (χ3n) is 5.95. The van der Waals surface area contributed by atoms with Gasteiger partial charge in [0.05, 0.1) is 6.54 Å². The fraction of sp³-hybridized carbons (Fsp3) is 0.192. The summed E-state index contributed by atoms with van der Waals surface area (Å²) in [7, 11) is 1.95. The Morgan fingerprint density at radius 2 is 1.69 bits per heavy atom. The molecule has 0 aromatic heterocycles. The Balaban J connectivity index is 1.34. The summed E-state index contributed by atoms with van der Waals surface area (Å²) in [5.41, 5.74) is 2.57. The summed E-state index contributed by atoms with van der Waals surface area (Å²) in [6, 6.07) is 17.7. The molecule has 4 N–H and O–H groups in total. The number of anilines is 1. The lowest BCUT2D eigenvalue weighted by molar-refractivity contribution is -0.130. The first kappa shape index (κ1) is 24.9. The lowest BCUT2D eigenvalue weighted by Gasteiger charge is -2.22. The highest BCUT2D eigenvalue weighted by Crippen LogP contribution is 2.24. The standard InChI is InChI=1S/C26H26BF2N5O2/c1-26(13-18-9-20(28)12-21(29)10-18)23(35)34(24(30)33-26)15-17-7-5-16(6-8-17)14-31-25(36)32-22-4-2-3-19(27)11-22/h2-12H,13-15,27H2,1H3,(H2,30,33)(H2,31,32,36)/t26-/m1/s1. The van der Waals surface area contributed by atoms with E-state index in [2.05, 4.69) is 16.0 Å². The predicted molar refractivity (Wildman–Crippen MR) is 137 cm³/mol. The zero-order chi connectivity index (χ0) is 25.9. The molecule has 3 amide bonds. The average molecular weight is 489 g/mol. The van der Waals surface area contributed by atoms with Crippen LogP contribution in [0.25, 0.3) is 0 Å². The molecule has 3 aromatic carbocycles. The van der Waals surface area contributed by atoms with Crippen LogP contribution in [0.5, 0.6) is 0 Å². The van der Waals surface area contributed by atoms with E-state index in [0.717, 1.165) is 22.7 Å². The van der Waals surface area contributed by atoms with Crippen molar-refractivity contribution >= 4 is 36.9 Å². The second kappa shape index (κ2) is 10.2. The normalized spacial score (nSPS) is 17.1. The highest BCUT2D eigenvalue weighted by atomic mass is 19.1. The van der Waals surface area contributed by atoms with Crippen molar-refractivity contribution in [3.05, 3.63) is 95.1 Å². The molecule has 1 aliphatic heterocycles. The summed E-state index contributed by atoms with van der Waals surface area (Å²) in [5.74, 6) is -1.85. The van der Waals surface area contributed by atoms with Gasteiger partial charge in [-0.3, -0.25) is 15.1 Å². The summed E-state index contributed by atoms with van der Waals surface area (Å²) in [5, 5.41) is 16.7. The molecule has 1 heterocycles. The SMILES string of the molecule is Bc1cccc(NC(=O)NCc2ccc(CN3C(=N)N[C@](C)(Cc4cc(F)cc(F)c4)C3=O)cc2)c1. The third kappa shape index (κ3) is 5.88. The van der Waals surface area contributed by atoms with Crippen molar-refractivity contribution in [1.29, 1.82) is 5.41 Å². The molecule has 0 saturated carbocycles. The highest BCUT2D eigenvalue weighted by Gasteiger charge is 2.45. The smallest absolute Gasteiger partial charge is 0.319 e. The van der Waals surface area contributed by atoms with E-state index in [1.807, 2.05) is 56.4 Å². The van der Waals surface area contributed by atoms with Gasteiger partial charge < -0.3 is 16.0 Å². The molecule has 1 atom stereocenters. The molecule has 1 aliphatic rings. The van der Waals surface area contributed by atoms with Crippen LogP contribution >= 0.6 is 0 Å². The van der Waals surface area contributed by atoms with Gasteiger partial charge in [-0.1, -0.05) is 41.9 Å². The number of carbonyl (C=O) groups excluding carboxylic acids is 2. The Morgan fingerprint density at radius 1 is 1.03 bits per heavy atom. The van der Waals surface area contributed by atoms with Crippen LogP contribution in [0.15, 0.2) is 66.7 Å². The van der Waals surface area contributed by atoms with E-state index in [9.17, 15) is 18.4 Å². The molecule has 184 valence electrons. The third-order valence-corrected chi connectivity index (χ3v) is 5.95. The van der Waals surface area contributed by atoms with Gasteiger partial charge in [-0.2, -0.15) is 0 Å². The summed E-state index contributed by atoms with van der Waals surface area (Å²) < 4.78 is 27.2. The van der Waals surface area contributed by atoms with Crippen molar-refractivity contribution in [2.45, 2.75) is 32.0 Å². The van der Waals surface area contributed by atoms with Crippen molar-refractivity contribution in [1.82, 2.24) is 15.5 Å². The Labute approximate surface area is 208 Å². The van der Waals surface area contributed by atoms with Crippen molar-refractivity contribution < 1.29 is 18.4 Å². The molecule has 7 nitrogen and oxygen atoms in total. The second-order valence-electron chi connectivity index (χ2n) is 9.15. The molecular formula is C26H26BF2N5O2. The van der Waals surface area contributed by atoms with Crippen molar-refractivity contribution in [2.24, 2.45) is 0 Å². The number of amides is 3. The van der Waals surface area contributed by atoms with Crippen LogP contribution < -0.4 is 21.4 Å². The van der Waals surface area contributed by atoms with Crippen molar-refractivity contribution in [2.75, 3.05) is 5.32 Å². The number of benzene rings is 3. The number of nitrogens with zero attached hydrogens (tertiary/aromatic N) is 1. The molecule has 10 heteroatoms. The van der Waals surface area contributed by atoms with E-state index in [4.69, 9.17) is 5.41 Å². The first-order chi connectivity index (χ1) is 17.1. The number of halogens is 2. The van der Waals surface area contributed by atoms with Gasteiger partial charge in [0.1, 0.15) is 25.0 Å². The molecule has 1 saturated heterocycles. The highest BCUT2D eigenvalue weighted by molar-refractivity contribution is 6.32. The van der Waals surface area contributed by atoms with Crippen LogP contribution in [0.1, 0.15) is 23.6 Å². The van der Waals surface area contributed by atoms with Gasteiger partial charge >= 0.3 is 6.03 Å². The van der Waals surface area contributed by atoms with Gasteiger partial charge in [-0.05, 0) is 47.9 Å². The number of guanidine groups is 1. The molecule has 4 rings (SSSR count). The minimum Gasteiger partial charge on any atom is -0.342 e. The molecule has 0 aliphatic carbocycles. The molecular weight excluding hydrogens is 463 g/mol. The van der Waals surface area contributed by atoms with Crippen LogP contribution in [0.2, 0.25) is 0 Å². The van der Waals surface area contributed by atoms with E-state index in [1.165, 1.54) is 17.0 Å². The van der Waals surface area contributed by atoms with Crippen LogP contribution in [0, 0.1) is 17.0 Å². The molecule has 0 unspecified atom stereocenters. The maximum absolute atomic E-state index is 13.6. The summed E-state index contributed by atoms with van der Waals surface area (Å²) in [6.07, 6.45) is 0.0363. The number of urea groups is 1. The number of rotatable bonds is 7. The largest absolute Gasteiger partial charge is 0.342 e. The lowest BCUT2D eigenvalue weighted by Crippen LogP contribution is -2.46. The second-order valence-corrected chi connectivity index (χ2v) is 9.15. The molecule has 36 heavy (non-hydrogen) atoms. The minimum atomic E-state index is -1.19. The first-order valence-electron chi connectivity index (χ1n) is 11.4. The van der Waals surface area contributed by atoms with Gasteiger partial charge in [0.2, 0.25) is 0 Å². The Morgan fingerprint density at radius 3 is 2.36 bits per heavy atom. The minimum absolute atomic E-state index is 0.0363. The first-order valence-corrected chi connectivity index (χ1v) is 11.4. The Kier molecular flexibility index (Phi) is 7.05. The molecule has 1 fully saturated rings. The summed E-state index contributed by atoms with van der Waals surface area (Å²) in [6.45, 7) is 2.10. The predicted octanol–water partition coefficient (Wildman–Crippen LogP) is 2.41. The topological polar surface area (TPSA) is 97.3 Å². The zero-order valence-electron chi connectivity index (χ0n) is 20.0. The van der Waals surface area contributed by atoms with Crippen LogP contribution in [0.4, 0.5) is 19.3 Å². The fourth-order valence-corrected chi connectivity index (χ4v) is 4.20. The van der Waals surface area contributed by atoms with E-state index < -0.39 is 17.2 Å². The van der Waals surface area contributed by atoms with Crippen LogP contribution in [0.3, 0.4) is 0 Å².